The van der Waals surface area contributed by atoms with E-state index in [2.05, 4.69) is 40.1 Å². The summed E-state index contributed by atoms with van der Waals surface area (Å²) in [5.41, 5.74) is 1.05. The Balaban J connectivity index is 1.85. The lowest BCUT2D eigenvalue weighted by Crippen LogP contribution is -2.42. The second-order valence-corrected chi connectivity index (χ2v) is 5.58. The number of hydrogen-bond acceptors (Lipinski definition) is 4. The summed E-state index contributed by atoms with van der Waals surface area (Å²) in [7, 11) is 0. The van der Waals surface area contributed by atoms with E-state index in [0.29, 0.717) is 6.04 Å². The standard InChI is InChI=1S/C15H26N4/c1-4-7-16-13(3)14-5-8-19(9-6-14)15-10-12(2)17-11-18-15/h10-11,13-14,16H,4-9H2,1-3H3. The molecule has 1 N–H and O–H groups in total. The summed E-state index contributed by atoms with van der Waals surface area (Å²) in [6.45, 7) is 9.92. The summed E-state index contributed by atoms with van der Waals surface area (Å²) in [6.07, 6.45) is 5.38. The lowest BCUT2D eigenvalue weighted by atomic mass is 9.90. The van der Waals surface area contributed by atoms with Gasteiger partial charge in [0.05, 0.1) is 0 Å². The molecule has 106 valence electrons. The molecule has 1 unspecified atom stereocenters. The molecule has 0 saturated carbocycles. The molecule has 0 aromatic carbocycles. The van der Waals surface area contributed by atoms with Crippen molar-refractivity contribution in [1.29, 1.82) is 0 Å². The summed E-state index contributed by atoms with van der Waals surface area (Å²) < 4.78 is 0. The van der Waals surface area contributed by atoms with E-state index in [1.165, 1.54) is 19.3 Å². The van der Waals surface area contributed by atoms with Gasteiger partial charge in [-0.3, -0.25) is 0 Å². The van der Waals surface area contributed by atoms with Crippen LogP contribution >= 0.6 is 0 Å². The predicted molar refractivity (Wildman–Crippen MR) is 79.5 cm³/mol. The van der Waals surface area contributed by atoms with Crippen LogP contribution < -0.4 is 10.2 Å². The maximum absolute atomic E-state index is 4.38. The average Bonchev–Trinajstić information content (AvgIpc) is 2.45. The van der Waals surface area contributed by atoms with Crippen LogP contribution in [0.4, 0.5) is 5.82 Å². The molecule has 0 radical (unpaired) electrons. The first kappa shape index (κ1) is 14.3. The molecule has 0 amide bonds. The molecule has 4 nitrogen and oxygen atoms in total. The van der Waals surface area contributed by atoms with Gasteiger partial charge < -0.3 is 10.2 Å². The molecule has 1 aliphatic heterocycles. The molecule has 2 heterocycles. The zero-order valence-corrected chi connectivity index (χ0v) is 12.4. The number of hydrogen-bond donors (Lipinski definition) is 1. The molecule has 0 spiro atoms. The molecule has 1 aromatic heterocycles. The molecular formula is C15H26N4. The Labute approximate surface area is 116 Å². The lowest BCUT2D eigenvalue weighted by Gasteiger charge is -2.35. The first-order valence-electron chi connectivity index (χ1n) is 7.47. The van der Waals surface area contributed by atoms with Crippen LogP contribution in [-0.2, 0) is 0 Å². The fraction of sp³-hybridized carbons (Fsp3) is 0.733. The summed E-state index contributed by atoms with van der Waals surface area (Å²) in [5.74, 6) is 1.88. The third-order valence-electron chi connectivity index (χ3n) is 4.08. The van der Waals surface area contributed by atoms with E-state index in [1.54, 1.807) is 6.33 Å². The quantitative estimate of drug-likeness (QED) is 0.884. The van der Waals surface area contributed by atoms with E-state index in [9.17, 15) is 0 Å². The minimum atomic E-state index is 0.634. The normalized spacial score (nSPS) is 18.6. The molecule has 2 rings (SSSR count). The molecule has 1 aliphatic rings. The van der Waals surface area contributed by atoms with Crippen LogP contribution in [0, 0.1) is 12.8 Å². The van der Waals surface area contributed by atoms with Gasteiger partial charge in [0.15, 0.2) is 0 Å². The fourth-order valence-corrected chi connectivity index (χ4v) is 2.78. The van der Waals surface area contributed by atoms with Crippen LogP contribution in [0.5, 0.6) is 0 Å². The Kier molecular flexibility index (Phi) is 5.14. The zero-order valence-electron chi connectivity index (χ0n) is 12.4. The molecule has 1 atom stereocenters. The van der Waals surface area contributed by atoms with Gasteiger partial charge in [-0.15, -0.1) is 0 Å². The van der Waals surface area contributed by atoms with Gasteiger partial charge >= 0.3 is 0 Å². The Morgan fingerprint density at radius 3 is 2.74 bits per heavy atom. The number of rotatable bonds is 5. The molecule has 0 aliphatic carbocycles. The van der Waals surface area contributed by atoms with Crippen molar-refractivity contribution in [3.05, 3.63) is 18.1 Å². The van der Waals surface area contributed by atoms with Crippen molar-refractivity contribution in [2.75, 3.05) is 24.5 Å². The van der Waals surface area contributed by atoms with Crippen LogP contribution in [-0.4, -0.2) is 35.6 Å². The Hall–Kier alpha value is -1.16. The van der Waals surface area contributed by atoms with Crippen molar-refractivity contribution in [3.8, 4) is 0 Å². The third kappa shape index (κ3) is 3.90. The SMILES string of the molecule is CCCNC(C)C1CCN(c2cc(C)ncn2)CC1. The summed E-state index contributed by atoms with van der Waals surface area (Å²) in [5, 5.41) is 3.62. The molecule has 0 bridgehead atoms. The zero-order chi connectivity index (χ0) is 13.7. The number of aromatic nitrogens is 2. The summed E-state index contributed by atoms with van der Waals surface area (Å²) >= 11 is 0. The van der Waals surface area contributed by atoms with Crippen molar-refractivity contribution >= 4 is 5.82 Å². The number of aryl methyl sites for hydroxylation is 1. The smallest absolute Gasteiger partial charge is 0.132 e. The van der Waals surface area contributed by atoms with Crippen LogP contribution in [0.15, 0.2) is 12.4 Å². The van der Waals surface area contributed by atoms with Crippen LogP contribution in [0.2, 0.25) is 0 Å². The average molecular weight is 262 g/mol. The van der Waals surface area contributed by atoms with Gasteiger partial charge in [-0.25, -0.2) is 9.97 Å². The summed E-state index contributed by atoms with van der Waals surface area (Å²) in [6, 6.07) is 2.72. The predicted octanol–water partition coefficient (Wildman–Crippen LogP) is 2.39. The van der Waals surface area contributed by atoms with Crippen LogP contribution in [0.25, 0.3) is 0 Å². The molecule has 19 heavy (non-hydrogen) atoms. The second-order valence-electron chi connectivity index (χ2n) is 5.58. The van der Waals surface area contributed by atoms with Gasteiger partial charge in [0.25, 0.3) is 0 Å². The second kappa shape index (κ2) is 6.85. The van der Waals surface area contributed by atoms with E-state index in [0.717, 1.165) is 37.1 Å². The fourth-order valence-electron chi connectivity index (χ4n) is 2.78. The minimum absolute atomic E-state index is 0.634. The number of anilines is 1. The Morgan fingerprint density at radius 2 is 2.11 bits per heavy atom. The van der Waals surface area contributed by atoms with Gasteiger partial charge in [0.2, 0.25) is 0 Å². The van der Waals surface area contributed by atoms with Crippen LogP contribution in [0.3, 0.4) is 0 Å². The number of nitrogens with zero attached hydrogens (tertiary/aromatic N) is 3. The first-order valence-corrected chi connectivity index (χ1v) is 7.47. The van der Waals surface area contributed by atoms with Gasteiger partial charge in [0.1, 0.15) is 12.1 Å². The molecule has 1 saturated heterocycles. The summed E-state index contributed by atoms with van der Waals surface area (Å²) in [4.78, 5) is 10.9. The first-order chi connectivity index (χ1) is 9.20. The number of piperidine rings is 1. The van der Waals surface area contributed by atoms with E-state index < -0.39 is 0 Å². The Bertz CT molecular complexity index is 385. The topological polar surface area (TPSA) is 41.0 Å². The molecular weight excluding hydrogens is 236 g/mol. The highest BCUT2D eigenvalue weighted by Gasteiger charge is 2.24. The molecule has 1 fully saturated rings. The molecule has 1 aromatic rings. The number of nitrogens with one attached hydrogen (secondary N) is 1. The highest BCUT2D eigenvalue weighted by molar-refractivity contribution is 5.39. The van der Waals surface area contributed by atoms with E-state index in [-0.39, 0.29) is 0 Å². The highest BCUT2D eigenvalue weighted by Crippen LogP contribution is 2.24. The molecule has 4 heteroatoms. The third-order valence-corrected chi connectivity index (χ3v) is 4.08. The van der Waals surface area contributed by atoms with E-state index in [4.69, 9.17) is 0 Å². The highest BCUT2D eigenvalue weighted by atomic mass is 15.2. The van der Waals surface area contributed by atoms with Crippen molar-refractivity contribution < 1.29 is 0 Å². The van der Waals surface area contributed by atoms with Gasteiger partial charge in [-0.1, -0.05) is 6.92 Å². The van der Waals surface area contributed by atoms with Crippen molar-refractivity contribution in [2.45, 2.75) is 46.1 Å². The van der Waals surface area contributed by atoms with Crippen molar-refractivity contribution in [1.82, 2.24) is 15.3 Å². The Morgan fingerprint density at radius 1 is 1.37 bits per heavy atom. The lowest BCUT2D eigenvalue weighted by molar-refractivity contribution is 0.311. The largest absolute Gasteiger partial charge is 0.356 e. The maximum Gasteiger partial charge on any atom is 0.132 e. The van der Waals surface area contributed by atoms with Gasteiger partial charge in [-0.05, 0) is 45.6 Å². The van der Waals surface area contributed by atoms with E-state index >= 15 is 0 Å². The van der Waals surface area contributed by atoms with Crippen molar-refractivity contribution in [2.24, 2.45) is 5.92 Å². The van der Waals surface area contributed by atoms with E-state index in [1.807, 2.05) is 6.92 Å². The minimum Gasteiger partial charge on any atom is -0.356 e. The van der Waals surface area contributed by atoms with Gasteiger partial charge in [-0.2, -0.15) is 0 Å². The maximum atomic E-state index is 4.38. The van der Waals surface area contributed by atoms with Gasteiger partial charge in [0, 0.05) is 30.9 Å². The van der Waals surface area contributed by atoms with Crippen LogP contribution in [0.1, 0.15) is 38.8 Å². The monoisotopic (exact) mass is 262 g/mol. The van der Waals surface area contributed by atoms with Crippen molar-refractivity contribution in [3.63, 3.8) is 0 Å².